The molecule has 0 unspecified atom stereocenters. The van der Waals surface area contributed by atoms with E-state index in [9.17, 15) is 9.59 Å². The molecular weight excluding hydrogens is 242 g/mol. The number of halogens is 1. The predicted octanol–water partition coefficient (Wildman–Crippen LogP) is 1.68. The normalized spacial score (nSPS) is 9.94. The van der Waals surface area contributed by atoms with Crippen LogP contribution in [0.15, 0.2) is 41.5 Å². The predicted molar refractivity (Wildman–Crippen MR) is 64.3 cm³/mol. The Labute approximate surface area is 101 Å². The summed E-state index contributed by atoms with van der Waals surface area (Å²) in [4.78, 5) is 29.0. The largest absolute Gasteiger partial charge is 0.329 e. The third-order valence-electron chi connectivity index (χ3n) is 2.02. The molecule has 6 heteroatoms. The van der Waals surface area contributed by atoms with Crippen molar-refractivity contribution in [2.45, 2.75) is 0 Å². The number of carbonyl (C=O) groups is 1. The monoisotopic (exact) mass is 249 g/mol. The van der Waals surface area contributed by atoms with E-state index < -0.39 is 0 Å². The highest BCUT2D eigenvalue weighted by Gasteiger charge is 2.06. The number of hydrogen-bond donors (Lipinski definition) is 2. The number of aromatic nitrogens is 2. The molecule has 0 aliphatic rings. The molecule has 2 N–H and O–H groups in total. The lowest BCUT2D eigenvalue weighted by molar-refractivity contribution is 0.102. The zero-order chi connectivity index (χ0) is 12.3. The number of pyridine rings is 2. The van der Waals surface area contributed by atoms with Gasteiger partial charge in [0, 0.05) is 29.7 Å². The van der Waals surface area contributed by atoms with E-state index in [-0.39, 0.29) is 22.2 Å². The third-order valence-corrected chi connectivity index (χ3v) is 2.23. The summed E-state index contributed by atoms with van der Waals surface area (Å²) in [7, 11) is 0. The summed E-state index contributed by atoms with van der Waals surface area (Å²) in [6, 6.07) is 5.86. The van der Waals surface area contributed by atoms with Crippen LogP contribution in [0.5, 0.6) is 0 Å². The van der Waals surface area contributed by atoms with Crippen molar-refractivity contribution < 1.29 is 4.79 Å². The van der Waals surface area contributed by atoms with Gasteiger partial charge in [0.15, 0.2) is 0 Å². The lowest BCUT2D eigenvalue weighted by Crippen LogP contribution is -2.15. The van der Waals surface area contributed by atoms with Gasteiger partial charge in [0.2, 0.25) is 5.56 Å². The molecule has 2 heterocycles. The maximum Gasteiger partial charge on any atom is 0.255 e. The highest BCUT2D eigenvalue weighted by atomic mass is 35.5. The minimum Gasteiger partial charge on any atom is -0.329 e. The van der Waals surface area contributed by atoms with Crippen LogP contribution in [0.2, 0.25) is 5.15 Å². The van der Waals surface area contributed by atoms with Crippen LogP contribution in [0, 0.1) is 0 Å². The first kappa shape index (κ1) is 11.3. The minimum atomic E-state index is -0.377. The number of carbonyl (C=O) groups excluding carboxylic acids is 1. The molecule has 0 aliphatic carbocycles. The first-order valence-corrected chi connectivity index (χ1v) is 5.14. The summed E-state index contributed by atoms with van der Waals surface area (Å²) in [5.41, 5.74) is 0.474. The molecule has 5 nitrogen and oxygen atoms in total. The van der Waals surface area contributed by atoms with E-state index in [1.165, 1.54) is 30.6 Å². The van der Waals surface area contributed by atoms with Crippen LogP contribution in [0.1, 0.15) is 10.4 Å². The maximum absolute atomic E-state index is 11.8. The van der Waals surface area contributed by atoms with Gasteiger partial charge in [-0.05, 0) is 18.2 Å². The van der Waals surface area contributed by atoms with Crippen molar-refractivity contribution >= 4 is 23.2 Å². The second-order valence-electron chi connectivity index (χ2n) is 3.26. The van der Waals surface area contributed by atoms with Gasteiger partial charge in [0.1, 0.15) is 5.15 Å². The Morgan fingerprint density at radius 2 is 2.18 bits per heavy atom. The molecule has 2 aromatic heterocycles. The molecule has 0 bridgehead atoms. The van der Waals surface area contributed by atoms with E-state index in [1.54, 1.807) is 6.07 Å². The molecular formula is C11H8ClN3O2. The molecule has 0 atom stereocenters. The number of H-pyrrole nitrogens is 1. The number of rotatable bonds is 2. The van der Waals surface area contributed by atoms with Gasteiger partial charge in [-0.25, -0.2) is 4.98 Å². The fourth-order valence-corrected chi connectivity index (χ4v) is 1.44. The first-order chi connectivity index (χ1) is 8.15. The van der Waals surface area contributed by atoms with Gasteiger partial charge in [-0.1, -0.05) is 11.6 Å². The molecule has 0 aliphatic heterocycles. The highest BCUT2D eigenvalue weighted by molar-refractivity contribution is 6.29. The first-order valence-electron chi connectivity index (χ1n) is 4.77. The molecule has 2 rings (SSSR count). The van der Waals surface area contributed by atoms with Crippen molar-refractivity contribution in [3.63, 3.8) is 0 Å². The molecule has 1 amide bonds. The summed E-state index contributed by atoms with van der Waals surface area (Å²) < 4.78 is 0. The van der Waals surface area contributed by atoms with Crippen LogP contribution >= 0.6 is 11.6 Å². The quantitative estimate of drug-likeness (QED) is 0.795. The van der Waals surface area contributed by atoms with E-state index in [0.717, 1.165) is 0 Å². The zero-order valence-electron chi connectivity index (χ0n) is 8.61. The molecule has 0 radical (unpaired) electrons. The number of anilines is 1. The fourth-order valence-electron chi connectivity index (χ4n) is 1.27. The van der Waals surface area contributed by atoms with Gasteiger partial charge < -0.3 is 10.3 Å². The minimum absolute atomic E-state index is 0.279. The Kier molecular flexibility index (Phi) is 3.20. The van der Waals surface area contributed by atoms with Gasteiger partial charge in [0.05, 0.1) is 0 Å². The van der Waals surface area contributed by atoms with Crippen LogP contribution in [0.3, 0.4) is 0 Å². The average molecular weight is 250 g/mol. The van der Waals surface area contributed by atoms with Gasteiger partial charge >= 0.3 is 0 Å². The Balaban J connectivity index is 2.20. The zero-order valence-corrected chi connectivity index (χ0v) is 9.36. The third kappa shape index (κ3) is 2.92. The summed E-state index contributed by atoms with van der Waals surface area (Å²) >= 11 is 5.68. The van der Waals surface area contributed by atoms with Crippen LogP contribution in [-0.2, 0) is 0 Å². The topological polar surface area (TPSA) is 74.8 Å². The molecule has 2 aromatic rings. The smallest absolute Gasteiger partial charge is 0.255 e. The number of amides is 1. The van der Waals surface area contributed by atoms with Crippen LogP contribution in [0.4, 0.5) is 5.69 Å². The van der Waals surface area contributed by atoms with E-state index in [0.29, 0.717) is 5.69 Å². The molecule has 0 aromatic carbocycles. The Morgan fingerprint density at radius 3 is 2.88 bits per heavy atom. The molecule has 0 spiro atoms. The molecule has 86 valence electrons. The second-order valence-corrected chi connectivity index (χ2v) is 3.65. The number of hydrogen-bond acceptors (Lipinski definition) is 3. The van der Waals surface area contributed by atoms with Gasteiger partial charge in [0.25, 0.3) is 5.91 Å². The van der Waals surface area contributed by atoms with Crippen molar-refractivity contribution in [1.29, 1.82) is 0 Å². The van der Waals surface area contributed by atoms with Crippen LogP contribution < -0.4 is 10.9 Å². The summed E-state index contributed by atoms with van der Waals surface area (Å²) in [6.45, 7) is 0. The number of nitrogens with one attached hydrogen (secondary N) is 2. The van der Waals surface area contributed by atoms with Crippen molar-refractivity contribution in [2.24, 2.45) is 0 Å². The molecule has 17 heavy (non-hydrogen) atoms. The van der Waals surface area contributed by atoms with Gasteiger partial charge in [-0.3, -0.25) is 9.59 Å². The van der Waals surface area contributed by atoms with E-state index in [4.69, 9.17) is 11.6 Å². The SMILES string of the molecule is O=C(Nc1ccnc(Cl)c1)c1cc[nH]c(=O)c1. The number of aromatic amines is 1. The van der Waals surface area contributed by atoms with Crippen molar-refractivity contribution in [3.8, 4) is 0 Å². The Hall–Kier alpha value is -2.14. The summed E-state index contributed by atoms with van der Waals surface area (Å²) in [5, 5.41) is 2.90. The van der Waals surface area contributed by atoms with Gasteiger partial charge in [-0.2, -0.15) is 0 Å². The van der Waals surface area contributed by atoms with E-state index >= 15 is 0 Å². The van der Waals surface area contributed by atoms with Gasteiger partial charge in [-0.15, -0.1) is 0 Å². The summed E-state index contributed by atoms with van der Waals surface area (Å²) in [6.07, 6.45) is 2.90. The fraction of sp³-hybridized carbons (Fsp3) is 0. The maximum atomic E-state index is 11.8. The molecule has 0 saturated heterocycles. The van der Waals surface area contributed by atoms with E-state index in [1.807, 2.05) is 0 Å². The summed E-state index contributed by atoms with van der Waals surface area (Å²) in [5.74, 6) is -0.377. The van der Waals surface area contributed by atoms with E-state index in [2.05, 4.69) is 15.3 Å². The molecule has 0 saturated carbocycles. The number of nitrogens with zero attached hydrogens (tertiary/aromatic N) is 1. The van der Waals surface area contributed by atoms with Crippen molar-refractivity contribution in [2.75, 3.05) is 5.32 Å². The van der Waals surface area contributed by atoms with Crippen molar-refractivity contribution in [3.05, 3.63) is 57.7 Å². The van der Waals surface area contributed by atoms with Crippen molar-refractivity contribution in [1.82, 2.24) is 9.97 Å². The Morgan fingerprint density at radius 1 is 1.35 bits per heavy atom. The highest BCUT2D eigenvalue weighted by Crippen LogP contribution is 2.12. The standard InChI is InChI=1S/C11H8ClN3O2/c12-9-6-8(2-4-13-9)15-11(17)7-1-3-14-10(16)5-7/h1-6H,(H,14,16)(H,13,15,17). The lowest BCUT2D eigenvalue weighted by atomic mass is 10.2. The van der Waals surface area contributed by atoms with Crippen LogP contribution in [0.25, 0.3) is 0 Å². The second kappa shape index (κ2) is 4.80. The Bertz CT molecular complexity index is 609. The van der Waals surface area contributed by atoms with Crippen LogP contribution in [-0.4, -0.2) is 15.9 Å². The lowest BCUT2D eigenvalue weighted by Gasteiger charge is -2.04. The molecule has 0 fully saturated rings. The average Bonchev–Trinajstić information content (AvgIpc) is 2.29.